The van der Waals surface area contributed by atoms with Crippen molar-refractivity contribution in [3.8, 4) is 0 Å². The molecule has 31 heavy (non-hydrogen) atoms. The molecule has 0 aliphatic carbocycles. The highest BCUT2D eigenvalue weighted by atomic mass is 79.9. The molecule has 0 heterocycles. The van der Waals surface area contributed by atoms with Crippen molar-refractivity contribution in [2.24, 2.45) is 0 Å². The highest BCUT2D eigenvalue weighted by Crippen LogP contribution is 2.24. The van der Waals surface area contributed by atoms with Crippen molar-refractivity contribution in [3.63, 3.8) is 0 Å². The summed E-state index contributed by atoms with van der Waals surface area (Å²) < 4.78 is 27.3. The number of β-amino-alcohol motifs (C(OH)–C–C–N with tert-alkyl or cyclic N) is 1. The molecule has 0 aliphatic heterocycles. The average Bonchev–Trinajstić information content (AvgIpc) is 2.72. The van der Waals surface area contributed by atoms with Gasteiger partial charge in [0.05, 0.1) is 11.0 Å². The van der Waals surface area contributed by atoms with Crippen LogP contribution in [0.5, 0.6) is 0 Å². The molecule has 0 aromatic heterocycles. The maximum atomic E-state index is 12.8. The van der Waals surface area contributed by atoms with Crippen molar-refractivity contribution in [2.75, 3.05) is 20.1 Å². The summed E-state index contributed by atoms with van der Waals surface area (Å²) in [7, 11) is -2.20. The van der Waals surface area contributed by atoms with E-state index >= 15 is 0 Å². The topological polar surface area (TPSA) is 69.6 Å². The molecule has 3 rings (SSSR count). The predicted octanol–water partition coefficient (Wildman–Crippen LogP) is 4.19. The second-order valence-corrected chi connectivity index (χ2v) is 11.4. The zero-order valence-corrected chi connectivity index (χ0v) is 20.4. The van der Waals surface area contributed by atoms with E-state index in [9.17, 15) is 13.5 Å². The number of rotatable bonds is 9. The summed E-state index contributed by atoms with van der Waals surface area (Å²) >= 11 is 3.29. The Morgan fingerprint density at radius 3 is 2.39 bits per heavy atom. The molecule has 0 amide bonds. The zero-order chi connectivity index (χ0) is 22.6. The number of nitrogens with zero attached hydrogens (tertiary/aromatic N) is 1. The van der Waals surface area contributed by atoms with Gasteiger partial charge in [0.25, 0.3) is 0 Å². The molecule has 0 radical (unpaired) electrons. The van der Waals surface area contributed by atoms with E-state index < -0.39 is 16.1 Å². The number of benzene rings is 3. The Bertz CT molecular complexity index is 1150. The van der Waals surface area contributed by atoms with Gasteiger partial charge in [0.1, 0.15) is 0 Å². The quantitative estimate of drug-likeness (QED) is 0.458. The second-order valence-electron chi connectivity index (χ2n) is 8.49. The average molecular weight is 505 g/mol. The highest BCUT2D eigenvalue weighted by molar-refractivity contribution is 9.10. The number of aliphatic hydroxyl groups excluding tert-OH is 1. The summed E-state index contributed by atoms with van der Waals surface area (Å²) in [5, 5.41) is 16.3. The second kappa shape index (κ2) is 9.79. The first kappa shape index (κ1) is 23.9. The van der Waals surface area contributed by atoms with E-state index in [1.54, 1.807) is 24.3 Å². The number of hydrogen-bond donors (Lipinski definition) is 2. The lowest BCUT2D eigenvalue weighted by Gasteiger charge is -2.29. The van der Waals surface area contributed by atoms with Gasteiger partial charge in [0, 0.05) is 30.1 Å². The maximum absolute atomic E-state index is 12.8. The number of hydrogen-bond acceptors (Lipinski definition) is 4. The van der Waals surface area contributed by atoms with E-state index in [1.807, 2.05) is 12.1 Å². The number of nitrogens with one attached hydrogen (secondary N) is 1. The minimum absolute atomic E-state index is 0.00270. The van der Waals surface area contributed by atoms with Crippen LogP contribution in [-0.2, 0) is 16.4 Å². The van der Waals surface area contributed by atoms with Gasteiger partial charge in [0.15, 0.2) is 0 Å². The molecular formula is C24H29BrN2O3S. The first-order chi connectivity index (χ1) is 14.6. The molecule has 0 spiro atoms. The van der Waals surface area contributed by atoms with Crippen LogP contribution >= 0.6 is 15.9 Å². The molecule has 166 valence electrons. The molecule has 1 atom stereocenters. The fraction of sp³-hybridized carbons (Fsp3) is 0.333. The highest BCUT2D eigenvalue weighted by Gasteiger charge is 2.26. The van der Waals surface area contributed by atoms with Crippen molar-refractivity contribution < 1.29 is 13.5 Å². The molecule has 0 unspecified atom stereocenters. The summed E-state index contributed by atoms with van der Waals surface area (Å²) in [5.74, 6) is 0. The van der Waals surface area contributed by atoms with Crippen molar-refractivity contribution in [1.29, 1.82) is 0 Å². The third kappa shape index (κ3) is 6.14. The smallest absolute Gasteiger partial charge is 0.244 e. The SMILES string of the molecule is CN(C[C@H](O)CNC(C)(C)Cc1ccc2ccccc2c1)S(=O)(=O)c1ccccc1Br. The minimum atomic E-state index is -3.69. The van der Waals surface area contributed by atoms with Crippen LogP contribution in [0, 0.1) is 0 Å². The molecule has 3 aromatic carbocycles. The fourth-order valence-corrected chi connectivity index (χ4v) is 5.76. The Labute approximate surface area is 193 Å². The van der Waals surface area contributed by atoms with Gasteiger partial charge in [-0.3, -0.25) is 0 Å². The molecule has 0 saturated carbocycles. The lowest BCUT2D eigenvalue weighted by molar-refractivity contribution is 0.139. The predicted molar refractivity (Wildman–Crippen MR) is 130 cm³/mol. The molecule has 3 aromatic rings. The van der Waals surface area contributed by atoms with Gasteiger partial charge >= 0.3 is 0 Å². The minimum Gasteiger partial charge on any atom is -0.390 e. The van der Waals surface area contributed by atoms with Gasteiger partial charge in [-0.15, -0.1) is 0 Å². The Morgan fingerprint density at radius 2 is 1.68 bits per heavy atom. The maximum Gasteiger partial charge on any atom is 0.244 e. The number of fused-ring (bicyclic) bond motifs is 1. The largest absolute Gasteiger partial charge is 0.390 e. The summed E-state index contributed by atoms with van der Waals surface area (Å²) in [6.07, 6.45) is -0.0477. The molecule has 5 nitrogen and oxygen atoms in total. The van der Waals surface area contributed by atoms with E-state index in [0.717, 1.165) is 6.42 Å². The van der Waals surface area contributed by atoms with Crippen LogP contribution in [0.4, 0.5) is 0 Å². The Kier molecular flexibility index (Phi) is 7.55. The first-order valence-corrected chi connectivity index (χ1v) is 12.4. The molecule has 0 aliphatic rings. The monoisotopic (exact) mass is 504 g/mol. The molecule has 2 N–H and O–H groups in total. The van der Waals surface area contributed by atoms with Gasteiger partial charge in [-0.05, 0) is 64.7 Å². The number of sulfonamides is 1. The Morgan fingerprint density at radius 1 is 1.03 bits per heavy atom. The van der Waals surface area contributed by atoms with Crippen LogP contribution in [0.1, 0.15) is 19.4 Å². The van der Waals surface area contributed by atoms with Crippen molar-refractivity contribution in [2.45, 2.75) is 36.8 Å². The third-order valence-corrected chi connectivity index (χ3v) is 8.10. The van der Waals surface area contributed by atoms with E-state index in [0.29, 0.717) is 4.47 Å². The number of likely N-dealkylation sites (N-methyl/N-ethyl adjacent to an activating group) is 1. The van der Waals surface area contributed by atoms with Crippen molar-refractivity contribution >= 4 is 36.7 Å². The Hall–Kier alpha value is -1.77. The van der Waals surface area contributed by atoms with E-state index in [2.05, 4.69) is 65.4 Å². The molecule has 0 saturated heterocycles. The van der Waals surface area contributed by atoms with Crippen LogP contribution in [0.25, 0.3) is 10.8 Å². The first-order valence-electron chi connectivity index (χ1n) is 10.2. The molecule has 0 fully saturated rings. The number of aliphatic hydroxyl groups is 1. The van der Waals surface area contributed by atoms with Crippen molar-refractivity contribution in [3.05, 3.63) is 76.8 Å². The number of halogens is 1. The van der Waals surface area contributed by atoms with E-state index in [4.69, 9.17) is 0 Å². The lowest BCUT2D eigenvalue weighted by Crippen LogP contribution is -2.47. The van der Waals surface area contributed by atoms with Crippen LogP contribution in [0.15, 0.2) is 76.1 Å². The zero-order valence-electron chi connectivity index (χ0n) is 18.0. The van der Waals surface area contributed by atoms with Crippen molar-refractivity contribution in [1.82, 2.24) is 9.62 Å². The van der Waals surface area contributed by atoms with Gasteiger partial charge in [-0.2, -0.15) is 4.31 Å². The summed E-state index contributed by atoms with van der Waals surface area (Å²) in [6, 6.07) is 21.4. The van der Waals surface area contributed by atoms with Crippen LogP contribution in [-0.4, -0.2) is 49.6 Å². The summed E-state index contributed by atoms with van der Waals surface area (Å²) in [6.45, 7) is 4.45. The standard InChI is InChI=1S/C24H29BrN2O3S/c1-24(2,15-18-12-13-19-8-4-5-9-20(19)14-18)26-16-21(28)17-27(3)31(29,30)23-11-7-6-10-22(23)25/h4-14,21,26,28H,15-17H2,1-3H3/t21-/m1/s1. The van der Waals surface area contributed by atoms with Gasteiger partial charge < -0.3 is 10.4 Å². The Balaban J connectivity index is 1.58. The van der Waals surface area contributed by atoms with Crippen LogP contribution in [0.3, 0.4) is 0 Å². The fourth-order valence-electron chi connectivity index (χ4n) is 3.60. The molecule has 7 heteroatoms. The van der Waals surface area contributed by atoms with E-state index in [1.165, 1.54) is 27.7 Å². The van der Waals surface area contributed by atoms with Crippen LogP contribution in [0.2, 0.25) is 0 Å². The summed E-state index contributed by atoms with van der Waals surface area (Å²) in [5.41, 5.74) is 0.947. The normalized spacial score (nSPS) is 13.6. The van der Waals surface area contributed by atoms with Gasteiger partial charge in [-0.25, -0.2) is 8.42 Å². The lowest BCUT2D eigenvalue weighted by atomic mass is 9.93. The summed E-state index contributed by atoms with van der Waals surface area (Å²) in [4.78, 5) is 0.189. The van der Waals surface area contributed by atoms with Gasteiger partial charge in [0.2, 0.25) is 10.0 Å². The third-order valence-electron chi connectivity index (χ3n) is 5.27. The molecule has 0 bridgehead atoms. The van der Waals surface area contributed by atoms with Gasteiger partial charge in [-0.1, -0.05) is 54.6 Å². The van der Waals surface area contributed by atoms with E-state index in [-0.39, 0.29) is 23.5 Å². The van der Waals surface area contributed by atoms with Crippen LogP contribution < -0.4 is 5.32 Å². The molecular weight excluding hydrogens is 476 g/mol.